The highest BCUT2D eigenvalue weighted by Gasteiger charge is 2.64. The Morgan fingerprint density at radius 2 is 1.44 bits per heavy atom. The highest BCUT2D eigenvalue weighted by molar-refractivity contribution is 5.69. The normalized spacial score (nSPS) is 25.5. The van der Waals surface area contributed by atoms with Gasteiger partial charge in [-0.3, -0.25) is 19.2 Å². The van der Waals surface area contributed by atoms with E-state index in [1.807, 2.05) is 49.4 Å². The van der Waals surface area contributed by atoms with Crippen LogP contribution in [0.1, 0.15) is 55.5 Å². The number of hydrogen-bond donors (Lipinski definition) is 0. The standard InChI is InChI=1S/C29H32O10/c1-16-6-8-21(9-7-16)12-22-10-11-23-14-35-29(24(23)13-22)28(38-20(5)33)27(37-19(4)32)26(36-18(3)31)25(39-29)15-34-17(2)30/h6-11,13,25-28H,12,14-15H2,1-5H3/t25-,26-,27+,28-,29+/m1/s1. The molecule has 10 heteroatoms. The highest BCUT2D eigenvalue weighted by atomic mass is 16.8. The molecule has 2 heterocycles. The van der Waals surface area contributed by atoms with Gasteiger partial charge in [0.1, 0.15) is 12.7 Å². The van der Waals surface area contributed by atoms with E-state index in [-0.39, 0.29) is 13.2 Å². The molecule has 0 aliphatic carbocycles. The van der Waals surface area contributed by atoms with E-state index in [1.54, 1.807) is 0 Å². The molecule has 0 unspecified atom stereocenters. The van der Waals surface area contributed by atoms with E-state index in [0.29, 0.717) is 12.0 Å². The molecule has 0 amide bonds. The van der Waals surface area contributed by atoms with Gasteiger partial charge in [-0.2, -0.15) is 0 Å². The quantitative estimate of drug-likeness (QED) is 0.382. The maximum atomic E-state index is 12.3. The first-order valence-electron chi connectivity index (χ1n) is 12.6. The Balaban J connectivity index is 1.81. The van der Waals surface area contributed by atoms with Crippen molar-refractivity contribution in [2.24, 2.45) is 0 Å². The first kappa shape index (κ1) is 28.3. The fourth-order valence-electron chi connectivity index (χ4n) is 4.99. The van der Waals surface area contributed by atoms with Gasteiger partial charge >= 0.3 is 23.9 Å². The van der Waals surface area contributed by atoms with Crippen molar-refractivity contribution in [1.29, 1.82) is 0 Å². The second-order valence-corrected chi connectivity index (χ2v) is 9.75. The molecule has 0 saturated carbocycles. The summed E-state index contributed by atoms with van der Waals surface area (Å²) in [7, 11) is 0. The van der Waals surface area contributed by atoms with Crippen molar-refractivity contribution in [3.05, 3.63) is 70.3 Å². The highest BCUT2D eigenvalue weighted by Crippen LogP contribution is 2.49. The summed E-state index contributed by atoms with van der Waals surface area (Å²) in [5.74, 6) is -4.41. The zero-order chi connectivity index (χ0) is 28.3. The largest absolute Gasteiger partial charge is 0.463 e. The predicted molar refractivity (Wildman–Crippen MR) is 135 cm³/mol. The molecule has 1 fully saturated rings. The maximum absolute atomic E-state index is 12.3. The third-order valence-corrected chi connectivity index (χ3v) is 6.56. The van der Waals surface area contributed by atoms with E-state index in [2.05, 4.69) is 0 Å². The second kappa shape index (κ2) is 11.5. The lowest BCUT2D eigenvalue weighted by Gasteiger charge is -2.49. The zero-order valence-corrected chi connectivity index (χ0v) is 22.6. The van der Waals surface area contributed by atoms with Crippen molar-refractivity contribution >= 4 is 23.9 Å². The van der Waals surface area contributed by atoms with Crippen LogP contribution in [0.4, 0.5) is 0 Å². The lowest BCUT2D eigenvalue weighted by Crippen LogP contribution is -2.66. The summed E-state index contributed by atoms with van der Waals surface area (Å²) in [5.41, 5.74) is 4.53. The Bertz CT molecular complexity index is 1250. The smallest absolute Gasteiger partial charge is 0.303 e. The number of carbonyl (C=O) groups is 4. The van der Waals surface area contributed by atoms with Crippen molar-refractivity contribution in [2.75, 3.05) is 6.61 Å². The topological polar surface area (TPSA) is 124 Å². The van der Waals surface area contributed by atoms with Crippen LogP contribution in [0.15, 0.2) is 42.5 Å². The lowest BCUT2D eigenvalue weighted by molar-refractivity contribution is -0.370. The molecule has 10 nitrogen and oxygen atoms in total. The molecule has 5 atom stereocenters. The molecule has 2 aromatic rings. The van der Waals surface area contributed by atoms with E-state index >= 15 is 0 Å². The van der Waals surface area contributed by atoms with E-state index in [0.717, 1.165) is 22.3 Å². The molecule has 1 spiro atoms. The maximum Gasteiger partial charge on any atom is 0.303 e. The third kappa shape index (κ3) is 6.29. The van der Waals surface area contributed by atoms with Gasteiger partial charge in [-0.25, -0.2) is 0 Å². The van der Waals surface area contributed by atoms with E-state index in [4.69, 9.17) is 28.4 Å². The van der Waals surface area contributed by atoms with Gasteiger partial charge in [-0.1, -0.05) is 42.0 Å². The van der Waals surface area contributed by atoms with Crippen LogP contribution in [0.2, 0.25) is 0 Å². The summed E-state index contributed by atoms with van der Waals surface area (Å²) in [5, 5.41) is 0. The van der Waals surface area contributed by atoms with Crippen molar-refractivity contribution in [3.8, 4) is 0 Å². The van der Waals surface area contributed by atoms with Crippen LogP contribution in [-0.2, 0) is 66.4 Å². The number of rotatable bonds is 7. The zero-order valence-electron chi connectivity index (χ0n) is 22.6. The number of hydrogen-bond acceptors (Lipinski definition) is 10. The Morgan fingerprint density at radius 3 is 2.05 bits per heavy atom. The van der Waals surface area contributed by atoms with Crippen molar-refractivity contribution in [2.45, 2.75) is 77.8 Å². The number of fused-ring (bicyclic) bond motifs is 2. The minimum Gasteiger partial charge on any atom is -0.463 e. The Labute approximate surface area is 226 Å². The molecule has 2 aromatic carbocycles. The SMILES string of the molecule is CC(=O)OC[C@H]1O[C@]2(OCc3ccc(Cc4ccc(C)cc4)cc32)[C@H](OC(C)=O)[C@@H](OC(C)=O)[C@@H]1OC(C)=O. The van der Waals surface area contributed by atoms with Gasteiger partial charge in [0, 0.05) is 33.3 Å². The molecule has 2 aliphatic heterocycles. The number of esters is 4. The summed E-state index contributed by atoms with van der Waals surface area (Å²) in [6.07, 6.45) is -4.42. The average Bonchev–Trinajstić information content (AvgIpc) is 3.21. The van der Waals surface area contributed by atoms with Gasteiger partial charge in [-0.15, -0.1) is 0 Å². The van der Waals surface area contributed by atoms with Gasteiger partial charge < -0.3 is 28.4 Å². The molecular formula is C29H32O10. The molecule has 1 saturated heterocycles. The second-order valence-electron chi connectivity index (χ2n) is 9.75. The molecule has 2 aliphatic rings. The van der Waals surface area contributed by atoms with Gasteiger partial charge in [-0.05, 0) is 36.1 Å². The van der Waals surface area contributed by atoms with Gasteiger partial charge in [0.25, 0.3) is 0 Å². The average molecular weight is 541 g/mol. The number of ether oxygens (including phenoxy) is 6. The monoisotopic (exact) mass is 540 g/mol. The molecule has 0 bridgehead atoms. The molecule has 39 heavy (non-hydrogen) atoms. The third-order valence-electron chi connectivity index (χ3n) is 6.56. The van der Waals surface area contributed by atoms with Crippen molar-refractivity contribution < 1.29 is 47.6 Å². The summed E-state index contributed by atoms with van der Waals surface area (Å²) < 4.78 is 34.6. The van der Waals surface area contributed by atoms with E-state index in [9.17, 15) is 19.2 Å². The summed E-state index contributed by atoms with van der Waals surface area (Å²) >= 11 is 0. The molecule has 4 rings (SSSR count). The van der Waals surface area contributed by atoms with E-state index in [1.165, 1.54) is 27.7 Å². The van der Waals surface area contributed by atoms with Gasteiger partial charge in [0.05, 0.1) is 6.61 Å². The molecule has 0 aromatic heterocycles. The van der Waals surface area contributed by atoms with Crippen LogP contribution in [0.5, 0.6) is 0 Å². The van der Waals surface area contributed by atoms with Crippen LogP contribution in [0, 0.1) is 6.92 Å². The molecule has 0 radical (unpaired) electrons. The first-order valence-corrected chi connectivity index (χ1v) is 12.6. The van der Waals surface area contributed by atoms with Crippen LogP contribution in [-0.4, -0.2) is 54.9 Å². The number of carbonyl (C=O) groups excluding carboxylic acids is 4. The first-order chi connectivity index (χ1) is 18.5. The summed E-state index contributed by atoms with van der Waals surface area (Å²) in [6, 6.07) is 13.9. The van der Waals surface area contributed by atoms with Crippen LogP contribution < -0.4 is 0 Å². The van der Waals surface area contributed by atoms with Crippen LogP contribution in [0.25, 0.3) is 0 Å². The van der Waals surface area contributed by atoms with Crippen LogP contribution >= 0.6 is 0 Å². The number of aryl methyl sites for hydroxylation is 1. The fourth-order valence-corrected chi connectivity index (χ4v) is 4.99. The van der Waals surface area contributed by atoms with Crippen molar-refractivity contribution in [3.63, 3.8) is 0 Å². The Kier molecular flexibility index (Phi) is 8.36. The fraction of sp³-hybridized carbons (Fsp3) is 0.448. The predicted octanol–water partition coefficient (Wildman–Crippen LogP) is 3.03. The van der Waals surface area contributed by atoms with Crippen molar-refractivity contribution in [1.82, 2.24) is 0 Å². The molecular weight excluding hydrogens is 508 g/mol. The Hall–Kier alpha value is -3.76. The molecule has 0 N–H and O–H groups in total. The number of benzene rings is 2. The molecule has 208 valence electrons. The Morgan fingerprint density at radius 1 is 0.821 bits per heavy atom. The van der Waals surface area contributed by atoms with Gasteiger partial charge in [0.2, 0.25) is 11.9 Å². The minimum atomic E-state index is -1.73. The summed E-state index contributed by atoms with van der Waals surface area (Å²) in [4.78, 5) is 48.2. The van der Waals surface area contributed by atoms with Gasteiger partial charge in [0.15, 0.2) is 12.2 Å². The lowest BCUT2D eigenvalue weighted by atomic mass is 9.85. The van der Waals surface area contributed by atoms with Crippen LogP contribution in [0.3, 0.4) is 0 Å². The summed E-state index contributed by atoms with van der Waals surface area (Å²) in [6.45, 7) is 6.59. The van der Waals surface area contributed by atoms with E-state index < -0.39 is 54.1 Å². The minimum absolute atomic E-state index is 0.114.